The molecule has 0 aromatic heterocycles. The van der Waals surface area contributed by atoms with Gasteiger partial charge < -0.3 is 4.74 Å². The summed E-state index contributed by atoms with van der Waals surface area (Å²) in [5.41, 5.74) is -0.567. The van der Waals surface area contributed by atoms with Crippen LogP contribution in [0.3, 0.4) is 0 Å². The number of hydrogen-bond acceptors (Lipinski definition) is 3. The number of rotatable bonds is 2. The molecule has 0 aliphatic carbocycles. The van der Waals surface area contributed by atoms with Crippen molar-refractivity contribution in [1.82, 2.24) is 4.90 Å². The maximum atomic E-state index is 13.3. The summed E-state index contributed by atoms with van der Waals surface area (Å²) in [6, 6.07) is 2.48. The average Bonchev–Trinajstić information content (AvgIpc) is 2.35. The van der Waals surface area contributed by atoms with Crippen molar-refractivity contribution in [3.63, 3.8) is 0 Å². The number of ether oxygens (including phenoxy) is 1. The van der Waals surface area contributed by atoms with E-state index < -0.39 is 29.2 Å². The fourth-order valence-corrected chi connectivity index (χ4v) is 2.24. The van der Waals surface area contributed by atoms with E-state index in [0.29, 0.717) is 12.0 Å². The van der Waals surface area contributed by atoms with Crippen LogP contribution in [-0.2, 0) is 14.3 Å². The minimum Gasteiger partial charge on any atom is -0.363 e. The largest absolute Gasteiger partial charge is 0.363 e. The molecule has 19 heavy (non-hydrogen) atoms. The number of morpholine rings is 1. The molecular weight excluding hydrogens is 256 g/mol. The van der Waals surface area contributed by atoms with Crippen LogP contribution in [0.5, 0.6) is 0 Å². The molecule has 1 aromatic carbocycles. The molecule has 1 heterocycles. The topological polar surface area (TPSA) is 46.6 Å². The van der Waals surface area contributed by atoms with Crippen molar-refractivity contribution in [3.05, 3.63) is 35.4 Å². The lowest BCUT2D eigenvalue weighted by atomic mass is 9.89. The normalized spacial score (nSPS) is 22.4. The van der Waals surface area contributed by atoms with Gasteiger partial charge in [-0.1, -0.05) is 6.07 Å². The monoisotopic (exact) mass is 269 g/mol. The van der Waals surface area contributed by atoms with Crippen LogP contribution in [0.1, 0.15) is 25.5 Å². The highest BCUT2D eigenvalue weighted by Crippen LogP contribution is 2.37. The lowest BCUT2D eigenvalue weighted by Crippen LogP contribution is -2.53. The van der Waals surface area contributed by atoms with E-state index in [4.69, 9.17) is 4.74 Å². The van der Waals surface area contributed by atoms with Crippen LogP contribution in [0.25, 0.3) is 0 Å². The number of hydrogen-bond donors (Lipinski definition) is 0. The Labute approximate surface area is 109 Å². The number of amides is 2. The van der Waals surface area contributed by atoms with E-state index in [1.807, 2.05) is 0 Å². The van der Waals surface area contributed by atoms with Gasteiger partial charge in [0.05, 0.1) is 11.6 Å². The molecule has 0 saturated carbocycles. The minimum atomic E-state index is -1.03. The smallest absolute Gasteiger partial charge is 0.255 e. The van der Waals surface area contributed by atoms with Gasteiger partial charge in [-0.15, -0.1) is 0 Å². The van der Waals surface area contributed by atoms with Gasteiger partial charge in [-0.3, -0.25) is 14.5 Å². The molecule has 6 heteroatoms. The molecule has 1 fully saturated rings. The Balaban J connectivity index is 2.49. The van der Waals surface area contributed by atoms with Gasteiger partial charge in [0, 0.05) is 0 Å². The van der Waals surface area contributed by atoms with Gasteiger partial charge >= 0.3 is 0 Å². The lowest BCUT2D eigenvalue weighted by Gasteiger charge is -2.43. The Morgan fingerprint density at radius 2 is 2.05 bits per heavy atom. The van der Waals surface area contributed by atoms with E-state index in [-0.39, 0.29) is 6.61 Å². The zero-order valence-corrected chi connectivity index (χ0v) is 10.5. The van der Waals surface area contributed by atoms with Crippen LogP contribution in [0.15, 0.2) is 18.2 Å². The SMILES string of the molecule is CC1(C)OCC(=O)N(C=O)C1c1ccc(F)c(F)c1. The summed E-state index contributed by atoms with van der Waals surface area (Å²) in [5.74, 6) is -2.52. The Bertz CT molecular complexity index is 531. The van der Waals surface area contributed by atoms with Crippen LogP contribution < -0.4 is 0 Å². The number of halogens is 2. The van der Waals surface area contributed by atoms with E-state index in [0.717, 1.165) is 17.0 Å². The second kappa shape index (κ2) is 4.70. The first-order chi connectivity index (χ1) is 8.86. The highest BCUT2D eigenvalue weighted by atomic mass is 19.2. The molecule has 1 unspecified atom stereocenters. The zero-order chi connectivity index (χ0) is 14.2. The molecule has 2 rings (SSSR count). The first-order valence-corrected chi connectivity index (χ1v) is 5.72. The number of carbonyl (C=O) groups is 2. The molecule has 102 valence electrons. The Morgan fingerprint density at radius 1 is 1.37 bits per heavy atom. The average molecular weight is 269 g/mol. The van der Waals surface area contributed by atoms with Gasteiger partial charge in [0.25, 0.3) is 5.91 Å². The molecule has 1 aromatic rings. The van der Waals surface area contributed by atoms with Crippen LogP contribution in [0.2, 0.25) is 0 Å². The predicted molar refractivity (Wildman–Crippen MR) is 62.0 cm³/mol. The fraction of sp³-hybridized carbons (Fsp3) is 0.385. The van der Waals surface area contributed by atoms with Gasteiger partial charge in [0.1, 0.15) is 6.61 Å². The third-order valence-electron chi connectivity index (χ3n) is 3.17. The molecule has 0 N–H and O–H groups in total. The molecular formula is C13H13F2NO3. The first-order valence-electron chi connectivity index (χ1n) is 5.72. The fourth-order valence-electron chi connectivity index (χ4n) is 2.24. The van der Waals surface area contributed by atoms with Crippen molar-refractivity contribution in [2.45, 2.75) is 25.5 Å². The summed E-state index contributed by atoms with van der Waals surface area (Å²) in [6.07, 6.45) is 0.387. The van der Waals surface area contributed by atoms with Gasteiger partial charge in [-0.25, -0.2) is 8.78 Å². The van der Waals surface area contributed by atoms with Gasteiger partial charge in [-0.2, -0.15) is 0 Å². The molecule has 0 bridgehead atoms. The second-order valence-electron chi connectivity index (χ2n) is 4.87. The summed E-state index contributed by atoms with van der Waals surface area (Å²) in [4.78, 5) is 23.7. The number of nitrogens with zero attached hydrogens (tertiary/aromatic N) is 1. The molecule has 1 saturated heterocycles. The van der Waals surface area contributed by atoms with E-state index >= 15 is 0 Å². The zero-order valence-electron chi connectivity index (χ0n) is 10.5. The molecule has 1 aliphatic heterocycles. The Morgan fingerprint density at radius 3 is 2.63 bits per heavy atom. The van der Waals surface area contributed by atoms with Crippen molar-refractivity contribution in [2.24, 2.45) is 0 Å². The lowest BCUT2D eigenvalue weighted by molar-refractivity contribution is -0.174. The van der Waals surface area contributed by atoms with Gasteiger partial charge in [0.15, 0.2) is 11.6 Å². The highest BCUT2D eigenvalue weighted by Gasteiger charge is 2.43. The maximum Gasteiger partial charge on any atom is 0.255 e. The first kappa shape index (κ1) is 13.6. The highest BCUT2D eigenvalue weighted by molar-refractivity contribution is 5.88. The third kappa shape index (κ3) is 2.35. The molecule has 4 nitrogen and oxygen atoms in total. The minimum absolute atomic E-state index is 0.216. The summed E-state index contributed by atoms with van der Waals surface area (Å²) in [5, 5.41) is 0. The number of imide groups is 1. The third-order valence-corrected chi connectivity index (χ3v) is 3.17. The quantitative estimate of drug-likeness (QED) is 0.769. The molecule has 2 amide bonds. The van der Waals surface area contributed by atoms with Crippen molar-refractivity contribution >= 4 is 12.3 Å². The molecule has 1 aliphatic rings. The molecule has 1 atom stereocenters. The van der Waals surface area contributed by atoms with Crippen molar-refractivity contribution in [3.8, 4) is 0 Å². The van der Waals surface area contributed by atoms with Crippen LogP contribution in [0, 0.1) is 11.6 Å². The van der Waals surface area contributed by atoms with Crippen molar-refractivity contribution < 1.29 is 23.1 Å². The Hall–Kier alpha value is -1.82. The number of benzene rings is 1. The standard InChI is InChI=1S/C13H13F2NO3/c1-13(2)12(16(7-17)11(18)6-19-13)8-3-4-9(14)10(15)5-8/h3-5,7,12H,6H2,1-2H3. The van der Waals surface area contributed by atoms with Gasteiger partial charge in [0.2, 0.25) is 6.41 Å². The van der Waals surface area contributed by atoms with Crippen LogP contribution >= 0.6 is 0 Å². The van der Waals surface area contributed by atoms with E-state index in [1.165, 1.54) is 6.07 Å². The van der Waals surface area contributed by atoms with Gasteiger partial charge in [-0.05, 0) is 31.5 Å². The molecule has 0 spiro atoms. The van der Waals surface area contributed by atoms with Crippen molar-refractivity contribution in [1.29, 1.82) is 0 Å². The summed E-state index contributed by atoms with van der Waals surface area (Å²) < 4.78 is 31.6. The predicted octanol–water partition coefficient (Wildman–Crippen LogP) is 1.80. The van der Waals surface area contributed by atoms with Crippen molar-refractivity contribution in [2.75, 3.05) is 6.61 Å². The number of carbonyl (C=O) groups excluding carboxylic acids is 2. The van der Waals surface area contributed by atoms with E-state index in [9.17, 15) is 18.4 Å². The summed E-state index contributed by atoms with van der Waals surface area (Å²) in [6.45, 7) is 3.15. The van der Waals surface area contributed by atoms with Crippen LogP contribution in [-0.4, -0.2) is 29.4 Å². The summed E-state index contributed by atoms with van der Waals surface area (Å²) >= 11 is 0. The second-order valence-corrected chi connectivity index (χ2v) is 4.87. The molecule has 0 radical (unpaired) electrons. The van der Waals surface area contributed by atoms with E-state index in [2.05, 4.69) is 0 Å². The Kier molecular flexibility index (Phi) is 3.36. The van der Waals surface area contributed by atoms with E-state index in [1.54, 1.807) is 13.8 Å². The maximum absolute atomic E-state index is 13.3. The van der Waals surface area contributed by atoms with Crippen LogP contribution in [0.4, 0.5) is 8.78 Å². The summed E-state index contributed by atoms with van der Waals surface area (Å²) in [7, 11) is 0.